The Kier molecular flexibility index (Phi) is 7.88. The van der Waals surface area contributed by atoms with Gasteiger partial charge in [0.05, 0.1) is 19.8 Å². The smallest absolute Gasteiger partial charge is 0.255 e. The molecule has 0 atom stereocenters. The van der Waals surface area contributed by atoms with E-state index in [1.165, 1.54) is 18.4 Å². The highest BCUT2D eigenvalue weighted by molar-refractivity contribution is 6.04. The second kappa shape index (κ2) is 10.8. The molecule has 0 unspecified atom stereocenters. The Balaban J connectivity index is 1.48. The first-order chi connectivity index (χ1) is 13.7. The molecule has 3 rings (SSSR count). The lowest BCUT2D eigenvalue weighted by atomic mass is 10.1. The Morgan fingerprint density at radius 2 is 1.75 bits per heavy atom. The number of anilines is 1. The van der Waals surface area contributed by atoms with Crippen molar-refractivity contribution in [2.45, 2.75) is 32.7 Å². The van der Waals surface area contributed by atoms with Crippen molar-refractivity contribution in [1.29, 1.82) is 0 Å². The molecule has 28 heavy (non-hydrogen) atoms. The Bertz CT molecular complexity index is 723. The molecule has 1 aliphatic heterocycles. The number of carbonyl (C=O) groups excluding carboxylic acids is 1. The number of hydrogen-bond donors (Lipinski definition) is 2. The molecule has 0 bridgehead atoms. The maximum atomic E-state index is 12.5. The van der Waals surface area contributed by atoms with Gasteiger partial charge in [0.2, 0.25) is 0 Å². The summed E-state index contributed by atoms with van der Waals surface area (Å²) < 4.78 is 11.1. The first-order valence-electron chi connectivity index (χ1n) is 10.3. The van der Waals surface area contributed by atoms with Gasteiger partial charge in [-0.25, -0.2) is 0 Å². The van der Waals surface area contributed by atoms with Crippen molar-refractivity contribution in [2.75, 3.05) is 38.2 Å². The lowest BCUT2D eigenvalue weighted by Gasteiger charge is -2.23. The van der Waals surface area contributed by atoms with Crippen LogP contribution in [0, 0.1) is 0 Å². The number of morpholine rings is 1. The third kappa shape index (κ3) is 6.36. The Morgan fingerprint density at radius 1 is 1.04 bits per heavy atom. The largest absolute Gasteiger partial charge is 0.494 e. The summed E-state index contributed by atoms with van der Waals surface area (Å²) in [6.45, 7) is 7.67. The molecule has 150 valence electrons. The summed E-state index contributed by atoms with van der Waals surface area (Å²) in [4.78, 5) is 14.0. The minimum atomic E-state index is -0.107. The standard InChI is InChI=1S/C23H30N2O3/c1-2-3-4-15-28-22-11-7-20(8-12-22)23(26)24-21-9-5-19(6-10-21)18-25-13-16-27-17-14-25/h5-12H,2-4,13-18H2,1H3,(H,24,26)/p+1. The molecular formula is C23H31N2O3+. The van der Waals surface area contributed by atoms with Crippen molar-refractivity contribution < 1.29 is 19.2 Å². The van der Waals surface area contributed by atoms with Crippen LogP contribution >= 0.6 is 0 Å². The molecular weight excluding hydrogens is 352 g/mol. The van der Waals surface area contributed by atoms with Crippen LogP contribution in [0.4, 0.5) is 5.69 Å². The van der Waals surface area contributed by atoms with Gasteiger partial charge in [0.15, 0.2) is 0 Å². The molecule has 1 amide bonds. The molecule has 2 N–H and O–H groups in total. The van der Waals surface area contributed by atoms with E-state index in [-0.39, 0.29) is 5.91 Å². The number of carbonyl (C=O) groups is 1. The van der Waals surface area contributed by atoms with E-state index in [0.717, 1.165) is 57.3 Å². The number of benzene rings is 2. The van der Waals surface area contributed by atoms with E-state index in [4.69, 9.17) is 9.47 Å². The summed E-state index contributed by atoms with van der Waals surface area (Å²) in [6.07, 6.45) is 3.41. The van der Waals surface area contributed by atoms with Crippen LogP contribution in [0.15, 0.2) is 48.5 Å². The number of quaternary nitrogens is 1. The zero-order valence-corrected chi connectivity index (χ0v) is 16.7. The van der Waals surface area contributed by atoms with E-state index in [1.807, 2.05) is 24.3 Å². The number of amides is 1. The van der Waals surface area contributed by atoms with Crippen LogP contribution in [-0.4, -0.2) is 38.8 Å². The van der Waals surface area contributed by atoms with Gasteiger partial charge in [-0.05, 0) is 42.8 Å². The van der Waals surface area contributed by atoms with Crippen molar-refractivity contribution >= 4 is 11.6 Å². The summed E-state index contributed by atoms with van der Waals surface area (Å²) in [5.74, 6) is 0.701. The van der Waals surface area contributed by atoms with Gasteiger partial charge in [-0.15, -0.1) is 0 Å². The van der Waals surface area contributed by atoms with E-state index in [1.54, 1.807) is 17.0 Å². The SMILES string of the molecule is CCCCCOc1ccc(C(=O)Nc2ccc(C[NH+]3CCOCC3)cc2)cc1. The zero-order chi connectivity index (χ0) is 19.6. The Hall–Kier alpha value is -2.37. The minimum absolute atomic E-state index is 0.107. The van der Waals surface area contributed by atoms with E-state index in [0.29, 0.717) is 5.56 Å². The van der Waals surface area contributed by atoms with Crippen LogP contribution in [-0.2, 0) is 11.3 Å². The maximum absolute atomic E-state index is 12.5. The molecule has 5 heteroatoms. The zero-order valence-electron chi connectivity index (χ0n) is 16.7. The molecule has 0 aliphatic carbocycles. The number of unbranched alkanes of at least 4 members (excludes halogenated alkanes) is 2. The number of rotatable bonds is 9. The molecule has 0 radical (unpaired) electrons. The van der Waals surface area contributed by atoms with Gasteiger partial charge in [-0.1, -0.05) is 31.9 Å². The van der Waals surface area contributed by atoms with Crippen molar-refractivity contribution in [2.24, 2.45) is 0 Å². The van der Waals surface area contributed by atoms with Gasteiger partial charge in [0.25, 0.3) is 5.91 Å². The predicted molar refractivity (Wildman–Crippen MR) is 111 cm³/mol. The van der Waals surface area contributed by atoms with Crippen molar-refractivity contribution in [3.8, 4) is 5.75 Å². The molecule has 5 nitrogen and oxygen atoms in total. The lowest BCUT2D eigenvalue weighted by Crippen LogP contribution is -3.12. The molecule has 2 aromatic carbocycles. The van der Waals surface area contributed by atoms with Gasteiger partial charge >= 0.3 is 0 Å². The third-order valence-corrected chi connectivity index (χ3v) is 5.00. The van der Waals surface area contributed by atoms with Crippen molar-refractivity contribution in [3.05, 3.63) is 59.7 Å². The van der Waals surface area contributed by atoms with Crippen LogP contribution < -0.4 is 15.0 Å². The first kappa shape index (κ1) is 20.4. The van der Waals surface area contributed by atoms with Crippen LogP contribution in [0.25, 0.3) is 0 Å². The van der Waals surface area contributed by atoms with E-state index in [2.05, 4.69) is 24.4 Å². The molecule has 1 saturated heterocycles. The summed E-state index contributed by atoms with van der Waals surface area (Å²) >= 11 is 0. The average Bonchev–Trinajstić information content (AvgIpc) is 2.74. The number of hydrogen-bond acceptors (Lipinski definition) is 3. The van der Waals surface area contributed by atoms with Crippen molar-refractivity contribution in [1.82, 2.24) is 0 Å². The van der Waals surface area contributed by atoms with Crippen LogP contribution in [0.3, 0.4) is 0 Å². The van der Waals surface area contributed by atoms with Gasteiger partial charge in [0.1, 0.15) is 25.4 Å². The molecule has 2 aromatic rings. The second-order valence-electron chi connectivity index (χ2n) is 7.27. The average molecular weight is 384 g/mol. The Morgan fingerprint density at radius 3 is 2.43 bits per heavy atom. The van der Waals surface area contributed by atoms with E-state index < -0.39 is 0 Å². The van der Waals surface area contributed by atoms with Gasteiger partial charge in [-0.3, -0.25) is 4.79 Å². The van der Waals surface area contributed by atoms with E-state index >= 15 is 0 Å². The number of ether oxygens (including phenoxy) is 2. The summed E-state index contributed by atoms with van der Waals surface area (Å²) in [5, 5.41) is 2.96. The minimum Gasteiger partial charge on any atom is -0.494 e. The molecule has 0 aromatic heterocycles. The normalized spacial score (nSPS) is 14.6. The first-order valence-corrected chi connectivity index (χ1v) is 10.3. The van der Waals surface area contributed by atoms with Crippen LogP contribution in [0.5, 0.6) is 5.75 Å². The monoisotopic (exact) mass is 383 g/mol. The fraction of sp³-hybridized carbons (Fsp3) is 0.435. The Labute approximate surface area is 167 Å². The van der Waals surface area contributed by atoms with Gasteiger partial charge in [0, 0.05) is 16.8 Å². The highest BCUT2D eigenvalue weighted by Gasteiger charge is 2.14. The van der Waals surface area contributed by atoms with E-state index in [9.17, 15) is 4.79 Å². The molecule has 0 spiro atoms. The summed E-state index contributed by atoms with van der Waals surface area (Å²) in [6, 6.07) is 15.4. The number of nitrogens with one attached hydrogen (secondary N) is 2. The quantitative estimate of drug-likeness (QED) is 0.655. The molecule has 1 heterocycles. The molecule has 1 aliphatic rings. The second-order valence-corrected chi connectivity index (χ2v) is 7.27. The molecule has 0 saturated carbocycles. The fourth-order valence-electron chi connectivity index (χ4n) is 3.28. The maximum Gasteiger partial charge on any atom is 0.255 e. The highest BCUT2D eigenvalue weighted by Crippen LogP contribution is 2.15. The lowest BCUT2D eigenvalue weighted by molar-refractivity contribution is -0.921. The molecule has 1 fully saturated rings. The fourth-order valence-corrected chi connectivity index (χ4v) is 3.28. The van der Waals surface area contributed by atoms with Crippen molar-refractivity contribution in [3.63, 3.8) is 0 Å². The third-order valence-electron chi connectivity index (χ3n) is 5.00. The van der Waals surface area contributed by atoms with Gasteiger partial charge < -0.3 is 19.7 Å². The predicted octanol–water partition coefficient (Wildman–Crippen LogP) is 2.92. The highest BCUT2D eigenvalue weighted by atomic mass is 16.5. The summed E-state index contributed by atoms with van der Waals surface area (Å²) in [7, 11) is 0. The summed E-state index contributed by atoms with van der Waals surface area (Å²) in [5.41, 5.74) is 2.72. The van der Waals surface area contributed by atoms with Crippen LogP contribution in [0.2, 0.25) is 0 Å². The topological polar surface area (TPSA) is 52.0 Å². The van der Waals surface area contributed by atoms with Crippen LogP contribution in [0.1, 0.15) is 42.1 Å². The van der Waals surface area contributed by atoms with Gasteiger partial charge in [-0.2, -0.15) is 0 Å².